The average molecular weight is 432 g/mol. The highest BCUT2D eigenvalue weighted by molar-refractivity contribution is 9.10. The normalized spacial score (nSPS) is 10.7. The maximum atomic E-state index is 12.1. The van der Waals surface area contributed by atoms with E-state index in [9.17, 15) is 4.79 Å². The highest BCUT2D eigenvalue weighted by atomic mass is 79.9. The van der Waals surface area contributed by atoms with E-state index in [4.69, 9.17) is 32.7 Å². The van der Waals surface area contributed by atoms with Crippen molar-refractivity contribution < 1.29 is 14.3 Å². The van der Waals surface area contributed by atoms with Crippen LogP contribution in [0, 0.1) is 0 Å². The Morgan fingerprint density at radius 1 is 1.21 bits per heavy atom. The van der Waals surface area contributed by atoms with Gasteiger partial charge in [-0.15, -0.1) is 0 Å². The minimum atomic E-state index is -0.438. The van der Waals surface area contributed by atoms with Crippen LogP contribution in [0.25, 0.3) is 0 Å². The number of carbonyl (C=O) groups excluding carboxylic acids is 1. The van der Waals surface area contributed by atoms with E-state index in [0.29, 0.717) is 26.6 Å². The van der Waals surface area contributed by atoms with Gasteiger partial charge in [0.2, 0.25) is 0 Å². The van der Waals surface area contributed by atoms with E-state index >= 15 is 0 Å². The molecule has 0 radical (unpaired) electrons. The summed E-state index contributed by atoms with van der Waals surface area (Å²) in [5.74, 6) is 0.680. The standard InChI is InChI=1S/C16H13BrCl2N2O3/c1-23-14-6-9(5-12(17)15(14)24-2)8-20-21-16(22)11-4-3-10(18)7-13(11)19/h3-8H,1-2H3,(H,21,22)/b20-8+. The molecule has 0 aliphatic rings. The molecule has 0 bridgehead atoms. The second-order valence-corrected chi connectivity index (χ2v) is 6.26. The van der Waals surface area contributed by atoms with Crippen LogP contribution in [0.5, 0.6) is 11.5 Å². The number of benzene rings is 2. The highest BCUT2D eigenvalue weighted by Gasteiger charge is 2.11. The number of carbonyl (C=O) groups is 1. The van der Waals surface area contributed by atoms with E-state index in [0.717, 1.165) is 0 Å². The van der Waals surface area contributed by atoms with Gasteiger partial charge in [-0.3, -0.25) is 4.79 Å². The van der Waals surface area contributed by atoms with Crippen molar-refractivity contribution in [2.24, 2.45) is 5.10 Å². The molecule has 0 atom stereocenters. The largest absolute Gasteiger partial charge is 0.493 e. The molecule has 0 aliphatic heterocycles. The minimum Gasteiger partial charge on any atom is -0.493 e. The summed E-state index contributed by atoms with van der Waals surface area (Å²) in [4.78, 5) is 12.1. The van der Waals surface area contributed by atoms with E-state index in [1.807, 2.05) is 0 Å². The van der Waals surface area contributed by atoms with Crippen LogP contribution in [0.4, 0.5) is 0 Å². The van der Waals surface area contributed by atoms with Gasteiger partial charge in [0.25, 0.3) is 5.91 Å². The quantitative estimate of drug-likeness (QED) is 0.558. The summed E-state index contributed by atoms with van der Waals surface area (Å²) in [7, 11) is 3.09. The molecule has 0 aromatic heterocycles. The summed E-state index contributed by atoms with van der Waals surface area (Å²) < 4.78 is 11.2. The van der Waals surface area contributed by atoms with E-state index in [1.165, 1.54) is 25.5 Å². The number of halogens is 3. The summed E-state index contributed by atoms with van der Waals surface area (Å²) >= 11 is 15.2. The van der Waals surface area contributed by atoms with Crippen molar-refractivity contribution in [2.45, 2.75) is 0 Å². The molecule has 1 N–H and O–H groups in total. The summed E-state index contributed by atoms with van der Waals surface area (Å²) in [5.41, 5.74) is 3.40. The zero-order valence-electron chi connectivity index (χ0n) is 12.8. The van der Waals surface area contributed by atoms with E-state index in [1.54, 1.807) is 25.3 Å². The first-order valence-electron chi connectivity index (χ1n) is 6.66. The molecule has 0 fully saturated rings. The van der Waals surface area contributed by atoms with Crippen molar-refractivity contribution >= 4 is 51.3 Å². The van der Waals surface area contributed by atoms with Crippen LogP contribution in [0.1, 0.15) is 15.9 Å². The average Bonchev–Trinajstić information content (AvgIpc) is 2.54. The topological polar surface area (TPSA) is 59.9 Å². The molecule has 1 amide bonds. The van der Waals surface area contributed by atoms with E-state index in [-0.39, 0.29) is 10.6 Å². The van der Waals surface area contributed by atoms with Crippen molar-refractivity contribution in [1.82, 2.24) is 5.43 Å². The van der Waals surface area contributed by atoms with Gasteiger partial charge < -0.3 is 9.47 Å². The van der Waals surface area contributed by atoms with Gasteiger partial charge in [-0.2, -0.15) is 5.10 Å². The summed E-state index contributed by atoms with van der Waals surface area (Å²) in [6.07, 6.45) is 1.48. The first-order valence-corrected chi connectivity index (χ1v) is 8.21. The lowest BCUT2D eigenvalue weighted by atomic mass is 10.2. The van der Waals surface area contributed by atoms with Gasteiger partial charge >= 0.3 is 0 Å². The Labute approximate surface area is 157 Å². The number of nitrogens with zero attached hydrogens (tertiary/aromatic N) is 1. The van der Waals surface area contributed by atoms with Gasteiger partial charge in [0, 0.05) is 5.02 Å². The maximum absolute atomic E-state index is 12.1. The first-order chi connectivity index (χ1) is 11.5. The summed E-state index contributed by atoms with van der Waals surface area (Å²) in [6, 6.07) is 8.12. The van der Waals surface area contributed by atoms with Crippen LogP contribution < -0.4 is 14.9 Å². The number of methoxy groups -OCH3 is 2. The lowest BCUT2D eigenvalue weighted by molar-refractivity contribution is 0.0955. The molecule has 0 saturated heterocycles. The molecule has 0 saturated carbocycles. The van der Waals surface area contributed by atoms with Crippen LogP contribution >= 0.6 is 39.1 Å². The Balaban J connectivity index is 2.14. The van der Waals surface area contributed by atoms with Crippen LogP contribution in [-0.4, -0.2) is 26.3 Å². The van der Waals surface area contributed by atoms with Crippen molar-refractivity contribution in [3.8, 4) is 11.5 Å². The SMILES string of the molecule is COc1cc(/C=N/NC(=O)c2ccc(Cl)cc2Cl)cc(Br)c1OC. The second kappa shape index (κ2) is 8.37. The van der Waals surface area contributed by atoms with Gasteiger partial charge in [0.05, 0.1) is 35.5 Å². The molecule has 5 nitrogen and oxygen atoms in total. The molecule has 126 valence electrons. The van der Waals surface area contributed by atoms with Crippen LogP contribution in [-0.2, 0) is 0 Å². The Bertz CT molecular complexity index is 797. The van der Waals surface area contributed by atoms with Crippen LogP contribution in [0.2, 0.25) is 10.0 Å². The fourth-order valence-electron chi connectivity index (χ4n) is 1.91. The smallest absolute Gasteiger partial charge is 0.272 e. The zero-order chi connectivity index (χ0) is 17.7. The highest BCUT2D eigenvalue weighted by Crippen LogP contribution is 2.35. The molecular weight excluding hydrogens is 419 g/mol. The number of ether oxygens (including phenoxy) is 2. The number of hydrogen-bond acceptors (Lipinski definition) is 4. The summed E-state index contributed by atoms with van der Waals surface area (Å²) in [5, 5.41) is 4.63. The van der Waals surface area contributed by atoms with Crippen molar-refractivity contribution in [3.05, 3.63) is 56.0 Å². The third kappa shape index (κ3) is 4.41. The second-order valence-electron chi connectivity index (χ2n) is 4.56. The molecule has 0 unspecified atom stereocenters. The third-order valence-corrected chi connectivity index (χ3v) is 4.15. The number of hydrazone groups is 1. The molecular formula is C16H13BrCl2N2O3. The van der Waals surface area contributed by atoms with Gasteiger partial charge in [0.1, 0.15) is 0 Å². The van der Waals surface area contributed by atoms with E-state index in [2.05, 4.69) is 26.5 Å². The molecule has 8 heteroatoms. The Morgan fingerprint density at radius 3 is 2.58 bits per heavy atom. The number of nitrogens with one attached hydrogen (secondary N) is 1. The van der Waals surface area contributed by atoms with Gasteiger partial charge in [-0.05, 0) is 51.8 Å². The predicted octanol–water partition coefficient (Wildman–Crippen LogP) is 4.54. The number of hydrogen-bond donors (Lipinski definition) is 1. The molecule has 0 spiro atoms. The van der Waals surface area contributed by atoms with Gasteiger partial charge in [-0.1, -0.05) is 23.2 Å². The zero-order valence-corrected chi connectivity index (χ0v) is 15.9. The van der Waals surface area contributed by atoms with Gasteiger partial charge in [0.15, 0.2) is 11.5 Å². The first kappa shape index (κ1) is 18.6. The van der Waals surface area contributed by atoms with Crippen LogP contribution in [0.15, 0.2) is 39.9 Å². The van der Waals surface area contributed by atoms with Crippen molar-refractivity contribution in [3.63, 3.8) is 0 Å². The van der Waals surface area contributed by atoms with E-state index < -0.39 is 5.91 Å². The molecule has 2 aromatic carbocycles. The van der Waals surface area contributed by atoms with Crippen LogP contribution in [0.3, 0.4) is 0 Å². The molecule has 2 rings (SSSR count). The van der Waals surface area contributed by atoms with Crippen molar-refractivity contribution in [1.29, 1.82) is 0 Å². The molecule has 24 heavy (non-hydrogen) atoms. The molecule has 2 aromatic rings. The maximum Gasteiger partial charge on any atom is 0.272 e. The Morgan fingerprint density at radius 2 is 1.96 bits per heavy atom. The number of rotatable bonds is 5. The third-order valence-electron chi connectivity index (χ3n) is 3.01. The molecule has 0 heterocycles. The fourth-order valence-corrected chi connectivity index (χ4v) is 3.03. The number of amides is 1. The lowest BCUT2D eigenvalue weighted by Crippen LogP contribution is -2.18. The Hall–Kier alpha value is -1.76. The van der Waals surface area contributed by atoms with Gasteiger partial charge in [-0.25, -0.2) is 5.43 Å². The fraction of sp³-hybridized carbons (Fsp3) is 0.125. The minimum absolute atomic E-state index is 0.254. The van der Waals surface area contributed by atoms with Crippen molar-refractivity contribution in [2.75, 3.05) is 14.2 Å². The lowest BCUT2D eigenvalue weighted by Gasteiger charge is -2.10. The Kier molecular flexibility index (Phi) is 6.48. The summed E-state index contributed by atoms with van der Waals surface area (Å²) in [6.45, 7) is 0. The monoisotopic (exact) mass is 430 g/mol. The molecule has 0 aliphatic carbocycles. The predicted molar refractivity (Wildman–Crippen MR) is 98.8 cm³/mol.